The number of rotatable bonds is 7. The third-order valence-corrected chi connectivity index (χ3v) is 4.99. The third kappa shape index (κ3) is 4.59. The predicted octanol–water partition coefficient (Wildman–Crippen LogP) is 4.76. The average Bonchev–Trinajstić information content (AvgIpc) is 3.44. The van der Waals surface area contributed by atoms with Gasteiger partial charge in [0.1, 0.15) is 5.75 Å². The van der Waals surface area contributed by atoms with E-state index in [2.05, 4.69) is 20.1 Å². The van der Waals surface area contributed by atoms with Gasteiger partial charge in [0.05, 0.1) is 16.3 Å². The molecule has 0 fully saturated rings. The van der Waals surface area contributed by atoms with E-state index in [4.69, 9.17) is 0 Å². The Hall–Kier alpha value is -4.19. The van der Waals surface area contributed by atoms with E-state index in [-0.39, 0.29) is 22.3 Å². The molecule has 1 N–H and O–H groups in total. The summed E-state index contributed by atoms with van der Waals surface area (Å²) >= 11 is 1.11. The molecule has 2 aromatic heterocycles. The number of halogens is 2. The fraction of sp³-hybridized carbons (Fsp3) is 0.0500. The number of benzene rings is 2. The lowest BCUT2D eigenvalue weighted by molar-refractivity contribution is -0.384. The third-order valence-electron chi connectivity index (χ3n) is 4.23. The van der Waals surface area contributed by atoms with Gasteiger partial charge in [0.2, 0.25) is 0 Å². The molecule has 12 heteroatoms. The topological polar surface area (TPSA) is 112 Å². The molecule has 0 unspecified atom stereocenters. The first kappa shape index (κ1) is 21.1. The van der Waals surface area contributed by atoms with Gasteiger partial charge in [-0.3, -0.25) is 20.2 Å². The number of para-hydroxylation sites is 1. The molecule has 0 aliphatic heterocycles. The number of anilines is 1. The van der Waals surface area contributed by atoms with Crippen molar-refractivity contribution in [1.82, 2.24) is 14.8 Å². The van der Waals surface area contributed by atoms with Crippen LogP contribution in [0, 0.1) is 10.1 Å². The molecule has 2 aromatic carbocycles. The van der Waals surface area contributed by atoms with E-state index >= 15 is 0 Å². The Kier molecular flexibility index (Phi) is 5.85. The Bertz CT molecular complexity index is 1290. The number of ether oxygens (including phenoxy) is 1. The van der Waals surface area contributed by atoms with Crippen LogP contribution in [-0.4, -0.2) is 32.2 Å². The van der Waals surface area contributed by atoms with Crippen molar-refractivity contribution in [2.75, 3.05) is 5.32 Å². The van der Waals surface area contributed by atoms with E-state index in [9.17, 15) is 23.7 Å². The van der Waals surface area contributed by atoms with Crippen LogP contribution in [0.3, 0.4) is 0 Å². The number of nitro groups is 1. The number of carbonyl (C=O) groups excluding carboxylic acids is 1. The van der Waals surface area contributed by atoms with Gasteiger partial charge in [-0.25, -0.2) is 9.67 Å². The number of hydrogen-bond donors (Lipinski definition) is 1. The van der Waals surface area contributed by atoms with Crippen molar-refractivity contribution >= 4 is 28.1 Å². The van der Waals surface area contributed by atoms with Crippen molar-refractivity contribution in [3.8, 4) is 22.7 Å². The van der Waals surface area contributed by atoms with E-state index < -0.39 is 17.4 Å². The van der Waals surface area contributed by atoms with Crippen LogP contribution >= 0.6 is 11.3 Å². The summed E-state index contributed by atoms with van der Waals surface area (Å²) in [6.45, 7) is -2.98. The van der Waals surface area contributed by atoms with Gasteiger partial charge in [-0.2, -0.15) is 13.9 Å². The molecule has 0 bridgehead atoms. The average molecular weight is 457 g/mol. The monoisotopic (exact) mass is 457 g/mol. The van der Waals surface area contributed by atoms with Crippen LogP contribution in [0.25, 0.3) is 16.9 Å². The largest absolute Gasteiger partial charge is 0.434 e. The van der Waals surface area contributed by atoms with Crippen molar-refractivity contribution in [1.29, 1.82) is 0 Å². The summed E-state index contributed by atoms with van der Waals surface area (Å²) in [5, 5.41) is 19.5. The number of nitro benzene ring substituents is 1. The normalized spacial score (nSPS) is 10.8. The Balaban J connectivity index is 1.50. The van der Waals surface area contributed by atoms with E-state index in [1.807, 2.05) is 0 Å². The predicted molar refractivity (Wildman–Crippen MR) is 112 cm³/mol. The molecule has 0 saturated carbocycles. The molecule has 0 aliphatic rings. The number of hydrogen-bond acceptors (Lipinski definition) is 7. The van der Waals surface area contributed by atoms with Gasteiger partial charge in [-0.1, -0.05) is 18.2 Å². The molecule has 1 amide bonds. The second kappa shape index (κ2) is 8.89. The second-order valence-electron chi connectivity index (χ2n) is 6.29. The van der Waals surface area contributed by atoms with Gasteiger partial charge in [0.15, 0.2) is 10.8 Å². The minimum absolute atomic E-state index is 0.0265. The molecular formula is C20H13F2N5O4S. The van der Waals surface area contributed by atoms with Crippen LogP contribution in [0.1, 0.15) is 10.5 Å². The fourth-order valence-corrected chi connectivity index (χ4v) is 3.54. The van der Waals surface area contributed by atoms with Crippen LogP contribution < -0.4 is 10.1 Å². The quantitative estimate of drug-likeness (QED) is 0.316. The Morgan fingerprint density at radius 1 is 1.19 bits per heavy atom. The van der Waals surface area contributed by atoms with Crippen molar-refractivity contribution in [2.45, 2.75) is 6.61 Å². The number of carbonyl (C=O) groups is 1. The molecule has 2 heterocycles. The Morgan fingerprint density at radius 2 is 2.00 bits per heavy atom. The summed E-state index contributed by atoms with van der Waals surface area (Å²) in [7, 11) is 0. The maximum atomic E-state index is 12.6. The highest BCUT2D eigenvalue weighted by Crippen LogP contribution is 2.33. The zero-order chi connectivity index (χ0) is 22.7. The number of amides is 1. The minimum atomic E-state index is -2.98. The highest BCUT2D eigenvalue weighted by Gasteiger charge is 2.16. The molecule has 32 heavy (non-hydrogen) atoms. The standard InChI is InChI=1S/C20H13F2N5O4S/c21-19(22)31-17-7-2-1-6-14(17)16-11-32-20(23-16)24-18(28)15-8-9-26(25-15)12-4-3-5-13(10-12)27(29)30/h1-11,19H,(H,23,24,28). The van der Waals surface area contributed by atoms with Gasteiger partial charge in [0.25, 0.3) is 11.6 Å². The lowest BCUT2D eigenvalue weighted by atomic mass is 10.1. The number of nitrogens with zero attached hydrogens (tertiary/aromatic N) is 4. The molecule has 9 nitrogen and oxygen atoms in total. The van der Waals surface area contributed by atoms with Crippen molar-refractivity contribution in [2.24, 2.45) is 0 Å². The van der Waals surface area contributed by atoms with Crippen LogP contribution in [0.5, 0.6) is 5.75 Å². The van der Waals surface area contributed by atoms with Crippen molar-refractivity contribution in [3.05, 3.63) is 82.0 Å². The van der Waals surface area contributed by atoms with Gasteiger partial charge in [0, 0.05) is 29.3 Å². The minimum Gasteiger partial charge on any atom is -0.434 e. The summed E-state index contributed by atoms with van der Waals surface area (Å²) < 4.78 is 31.1. The van der Waals surface area contributed by atoms with Gasteiger partial charge in [-0.05, 0) is 24.3 Å². The summed E-state index contributed by atoms with van der Waals surface area (Å²) in [5.41, 5.74) is 1.11. The number of alkyl halides is 2. The highest BCUT2D eigenvalue weighted by atomic mass is 32.1. The number of nitrogens with one attached hydrogen (secondary N) is 1. The van der Waals surface area contributed by atoms with E-state index in [1.54, 1.807) is 29.6 Å². The second-order valence-corrected chi connectivity index (χ2v) is 7.15. The lowest BCUT2D eigenvalue weighted by Gasteiger charge is -2.08. The first-order chi connectivity index (χ1) is 15.4. The van der Waals surface area contributed by atoms with E-state index in [0.717, 1.165) is 11.3 Å². The maximum Gasteiger partial charge on any atom is 0.387 e. The van der Waals surface area contributed by atoms with Crippen LogP contribution in [0.4, 0.5) is 19.6 Å². The van der Waals surface area contributed by atoms with Gasteiger partial charge >= 0.3 is 6.61 Å². The van der Waals surface area contributed by atoms with Gasteiger partial charge in [-0.15, -0.1) is 11.3 Å². The summed E-state index contributed by atoms with van der Waals surface area (Å²) in [5.74, 6) is -0.575. The highest BCUT2D eigenvalue weighted by molar-refractivity contribution is 7.14. The molecule has 0 aliphatic carbocycles. The Morgan fingerprint density at radius 3 is 2.78 bits per heavy atom. The SMILES string of the molecule is O=C(Nc1nc(-c2ccccc2OC(F)F)cs1)c1ccn(-c2cccc([N+](=O)[O-])c2)n1. The summed E-state index contributed by atoms with van der Waals surface area (Å²) in [6, 6.07) is 13.5. The molecular weight excluding hydrogens is 444 g/mol. The summed E-state index contributed by atoms with van der Waals surface area (Å²) in [6.07, 6.45) is 1.50. The molecule has 4 aromatic rings. The number of non-ortho nitro benzene ring substituents is 1. The molecule has 4 rings (SSSR count). The molecule has 0 saturated heterocycles. The number of thiazole rings is 1. The van der Waals surface area contributed by atoms with Crippen molar-refractivity contribution < 1.29 is 23.2 Å². The molecule has 0 spiro atoms. The smallest absolute Gasteiger partial charge is 0.387 e. The number of aromatic nitrogens is 3. The zero-order valence-corrected chi connectivity index (χ0v) is 16.8. The molecule has 0 radical (unpaired) electrons. The zero-order valence-electron chi connectivity index (χ0n) is 16.0. The fourth-order valence-electron chi connectivity index (χ4n) is 2.83. The lowest BCUT2D eigenvalue weighted by Crippen LogP contribution is -2.13. The van der Waals surface area contributed by atoms with Crippen LogP contribution in [0.2, 0.25) is 0 Å². The van der Waals surface area contributed by atoms with E-state index in [0.29, 0.717) is 16.9 Å². The molecule has 0 atom stereocenters. The first-order valence-corrected chi connectivity index (χ1v) is 9.90. The maximum absolute atomic E-state index is 12.6. The van der Waals surface area contributed by atoms with Crippen molar-refractivity contribution in [3.63, 3.8) is 0 Å². The summed E-state index contributed by atoms with van der Waals surface area (Å²) in [4.78, 5) is 27.2. The van der Waals surface area contributed by atoms with E-state index in [1.165, 1.54) is 41.2 Å². The first-order valence-electron chi connectivity index (χ1n) is 9.02. The van der Waals surface area contributed by atoms with Crippen LogP contribution in [-0.2, 0) is 0 Å². The molecule has 162 valence electrons. The van der Waals surface area contributed by atoms with Crippen LogP contribution in [0.15, 0.2) is 66.2 Å². The Labute approximate surface area is 183 Å². The van der Waals surface area contributed by atoms with Gasteiger partial charge < -0.3 is 4.74 Å².